The summed E-state index contributed by atoms with van der Waals surface area (Å²) >= 11 is 3.46. The van der Waals surface area contributed by atoms with Crippen molar-refractivity contribution in [3.63, 3.8) is 0 Å². The van der Waals surface area contributed by atoms with Crippen molar-refractivity contribution in [2.24, 2.45) is 0 Å². The number of benzene rings is 3. The van der Waals surface area contributed by atoms with Gasteiger partial charge in [0, 0.05) is 0 Å². The van der Waals surface area contributed by atoms with Crippen molar-refractivity contribution in [2.75, 3.05) is 18.8 Å². The minimum absolute atomic E-state index is 0.119. The van der Waals surface area contributed by atoms with E-state index < -0.39 is 23.7 Å². The SMILES string of the molecule is COc1cc(/C=C2\C(=O)NC(=O)N(c3ccc(F)cc3)C2=O)cc(Br)c1OCc1ccc2c(c1)OCO2. The first kappa shape index (κ1) is 24.3. The van der Waals surface area contributed by atoms with Crippen LogP contribution in [-0.2, 0) is 16.2 Å². The van der Waals surface area contributed by atoms with Crippen LogP contribution in [0.15, 0.2) is 64.6 Å². The van der Waals surface area contributed by atoms with Gasteiger partial charge in [-0.3, -0.25) is 14.9 Å². The standard InChI is InChI=1S/C26H18BrFN2O7/c1-34-22-11-15(9-19(27)23(22)35-12-14-2-7-20-21(10-14)37-13-36-20)8-18-24(31)29-26(33)30(25(18)32)17-5-3-16(28)4-6-17/h2-11H,12-13H2,1H3,(H,29,31,33)/b18-8+. The Morgan fingerprint density at radius 1 is 1.05 bits per heavy atom. The number of carbonyl (C=O) groups is 3. The third-order valence-electron chi connectivity index (χ3n) is 5.57. The Labute approximate surface area is 218 Å². The number of methoxy groups -OCH3 is 1. The summed E-state index contributed by atoms with van der Waals surface area (Å²) in [7, 11) is 1.46. The van der Waals surface area contributed by atoms with Gasteiger partial charge in [-0.15, -0.1) is 0 Å². The summed E-state index contributed by atoms with van der Waals surface area (Å²) in [6.07, 6.45) is 1.33. The molecule has 9 nitrogen and oxygen atoms in total. The predicted octanol–water partition coefficient (Wildman–Crippen LogP) is 4.57. The second kappa shape index (κ2) is 9.94. The van der Waals surface area contributed by atoms with Crippen molar-refractivity contribution in [3.8, 4) is 23.0 Å². The van der Waals surface area contributed by atoms with Gasteiger partial charge in [0.1, 0.15) is 18.0 Å². The van der Waals surface area contributed by atoms with Gasteiger partial charge in [-0.2, -0.15) is 0 Å². The van der Waals surface area contributed by atoms with Crippen molar-refractivity contribution in [3.05, 3.63) is 81.6 Å². The van der Waals surface area contributed by atoms with Crippen LogP contribution in [-0.4, -0.2) is 31.7 Å². The molecule has 1 saturated heterocycles. The summed E-state index contributed by atoms with van der Waals surface area (Å²) in [5.41, 5.74) is 1.12. The van der Waals surface area contributed by atoms with Crippen LogP contribution in [0.5, 0.6) is 23.0 Å². The molecule has 4 amide bonds. The Kier molecular flexibility index (Phi) is 6.53. The molecule has 0 saturated carbocycles. The van der Waals surface area contributed by atoms with Crippen LogP contribution in [0.3, 0.4) is 0 Å². The molecule has 0 radical (unpaired) electrons. The summed E-state index contributed by atoms with van der Waals surface area (Å²) in [6, 6.07) is 12.5. The highest BCUT2D eigenvalue weighted by atomic mass is 79.9. The van der Waals surface area contributed by atoms with Crippen molar-refractivity contribution in [1.29, 1.82) is 0 Å². The van der Waals surface area contributed by atoms with Gasteiger partial charge in [-0.25, -0.2) is 14.1 Å². The van der Waals surface area contributed by atoms with Crippen LogP contribution in [0, 0.1) is 5.82 Å². The van der Waals surface area contributed by atoms with Gasteiger partial charge in [0.2, 0.25) is 6.79 Å². The first-order valence-corrected chi connectivity index (χ1v) is 11.7. The lowest BCUT2D eigenvalue weighted by Crippen LogP contribution is -2.54. The largest absolute Gasteiger partial charge is 0.493 e. The Morgan fingerprint density at radius 3 is 2.57 bits per heavy atom. The summed E-state index contributed by atoms with van der Waals surface area (Å²) < 4.78 is 36.0. The second-order valence-corrected chi connectivity index (χ2v) is 8.80. The predicted molar refractivity (Wildman–Crippen MR) is 133 cm³/mol. The van der Waals surface area contributed by atoms with Crippen LogP contribution in [0.2, 0.25) is 0 Å². The molecule has 1 fully saturated rings. The number of carbonyl (C=O) groups excluding carboxylic acids is 3. The minimum Gasteiger partial charge on any atom is -0.493 e. The zero-order chi connectivity index (χ0) is 26.1. The number of anilines is 1. The van der Waals surface area contributed by atoms with Gasteiger partial charge >= 0.3 is 6.03 Å². The lowest BCUT2D eigenvalue weighted by Gasteiger charge is -2.26. The van der Waals surface area contributed by atoms with Gasteiger partial charge in [-0.05, 0) is 81.7 Å². The quantitative estimate of drug-likeness (QED) is 0.343. The summed E-state index contributed by atoms with van der Waals surface area (Å²) in [5.74, 6) is -0.177. The molecule has 188 valence electrons. The van der Waals surface area contributed by atoms with Gasteiger partial charge in [0.25, 0.3) is 11.8 Å². The van der Waals surface area contributed by atoms with E-state index >= 15 is 0 Å². The van der Waals surface area contributed by atoms with Crippen LogP contribution in [0.25, 0.3) is 6.08 Å². The molecule has 2 aliphatic heterocycles. The smallest absolute Gasteiger partial charge is 0.335 e. The fourth-order valence-corrected chi connectivity index (χ4v) is 4.37. The molecule has 2 aliphatic rings. The van der Waals surface area contributed by atoms with E-state index in [1.165, 1.54) is 25.3 Å². The molecule has 1 N–H and O–H groups in total. The number of imide groups is 2. The number of nitrogens with one attached hydrogen (secondary N) is 1. The normalized spacial score (nSPS) is 15.7. The Morgan fingerprint density at radius 2 is 1.81 bits per heavy atom. The number of nitrogens with zero attached hydrogens (tertiary/aromatic N) is 1. The molecule has 0 bridgehead atoms. The molecule has 0 unspecified atom stereocenters. The number of amides is 4. The monoisotopic (exact) mass is 568 g/mol. The average Bonchev–Trinajstić information content (AvgIpc) is 3.34. The number of fused-ring (bicyclic) bond motifs is 1. The van der Waals surface area contributed by atoms with E-state index in [2.05, 4.69) is 21.2 Å². The van der Waals surface area contributed by atoms with Crippen LogP contribution >= 0.6 is 15.9 Å². The number of ether oxygens (including phenoxy) is 4. The first-order chi connectivity index (χ1) is 17.8. The molecular weight excluding hydrogens is 551 g/mol. The molecule has 0 spiro atoms. The maximum atomic E-state index is 13.3. The molecule has 37 heavy (non-hydrogen) atoms. The zero-order valence-corrected chi connectivity index (χ0v) is 20.8. The maximum Gasteiger partial charge on any atom is 0.335 e. The molecule has 0 aromatic heterocycles. The van der Waals surface area contributed by atoms with Crippen molar-refractivity contribution >= 4 is 45.5 Å². The van der Waals surface area contributed by atoms with Crippen LogP contribution in [0.1, 0.15) is 11.1 Å². The molecule has 3 aromatic carbocycles. The van der Waals surface area contributed by atoms with Crippen LogP contribution < -0.4 is 29.2 Å². The van der Waals surface area contributed by atoms with Gasteiger partial charge in [0.05, 0.1) is 17.3 Å². The highest BCUT2D eigenvalue weighted by Gasteiger charge is 2.37. The Bertz CT molecular complexity index is 1460. The van der Waals surface area contributed by atoms with Gasteiger partial charge < -0.3 is 18.9 Å². The van der Waals surface area contributed by atoms with Crippen molar-refractivity contribution in [1.82, 2.24) is 5.32 Å². The number of rotatable bonds is 6. The highest BCUT2D eigenvalue weighted by Crippen LogP contribution is 2.39. The third-order valence-corrected chi connectivity index (χ3v) is 6.16. The van der Waals surface area contributed by atoms with Gasteiger partial charge in [-0.1, -0.05) is 6.07 Å². The molecule has 0 atom stereocenters. The third kappa shape index (κ3) is 4.85. The van der Waals surface area contributed by atoms with Crippen LogP contribution in [0.4, 0.5) is 14.9 Å². The lowest BCUT2D eigenvalue weighted by molar-refractivity contribution is -0.122. The van der Waals surface area contributed by atoms with E-state index in [-0.39, 0.29) is 24.7 Å². The van der Waals surface area contributed by atoms with Crippen molar-refractivity contribution in [2.45, 2.75) is 6.61 Å². The maximum absolute atomic E-state index is 13.3. The lowest BCUT2D eigenvalue weighted by atomic mass is 10.1. The van der Waals surface area contributed by atoms with Crippen molar-refractivity contribution < 1.29 is 37.7 Å². The molecule has 2 heterocycles. The van der Waals surface area contributed by atoms with E-state index in [1.807, 2.05) is 12.1 Å². The Hall–Kier alpha value is -4.38. The average molecular weight is 569 g/mol. The fraction of sp³-hybridized carbons (Fsp3) is 0.115. The topological polar surface area (TPSA) is 103 Å². The number of barbiturate groups is 1. The summed E-state index contributed by atoms with van der Waals surface area (Å²) in [6.45, 7) is 0.383. The van der Waals surface area contributed by atoms with E-state index in [0.717, 1.165) is 22.6 Å². The fourth-order valence-electron chi connectivity index (χ4n) is 3.80. The van der Waals surface area contributed by atoms with Gasteiger partial charge in [0.15, 0.2) is 23.0 Å². The first-order valence-electron chi connectivity index (χ1n) is 10.9. The van der Waals surface area contributed by atoms with E-state index in [4.69, 9.17) is 18.9 Å². The molecule has 5 rings (SSSR count). The minimum atomic E-state index is -0.926. The number of hydrogen-bond acceptors (Lipinski definition) is 7. The highest BCUT2D eigenvalue weighted by molar-refractivity contribution is 9.10. The van der Waals surface area contributed by atoms with E-state index in [0.29, 0.717) is 33.0 Å². The second-order valence-electron chi connectivity index (χ2n) is 7.94. The number of hydrogen-bond donors (Lipinski definition) is 1. The zero-order valence-electron chi connectivity index (χ0n) is 19.2. The molecule has 0 aliphatic carbocycles. The van der Waals surface area contributed by atoms with E-state index in [1.54, 1.807) is 18.2 Å². The van der Waals surface area contributed by atoms with E-state index in [9.17, 15) is 18.8 Å². The molecule has 3 aromatic rings. The molecular formula is C26H18BrFN2O7. The Balaban J connectivity index is 1.41. The summed E-state index contributed by atoms with van der Waals surface area (Å²) in [4.78, 5) is 38.7. The molecule has 11 heteroatoms. The number of urea groups is 1. The summed E-state index contributed by atoms with van der Waals surface area (Å²) in [5, 5.41) is 2.13. The number of halogens is 2.